The Kier molecular flexibility index (Phi) is 2.19. The SMILES string of the molecule is O=C1C=CCC1c1cccc(Cl)c1. The highest BCUT2D eigenvalue weighted by molar-refractivity contribution is 6.30. The fourth-order valence-electron chi connectivity index (χ4n) is 1.58. The van der Waals surface area contributed by atoms with E-state index >= 15 is 0 Å². The molecule has 1 aromatic carbocycles. The smallest absolute Gasteiger partial charge is 0.163 e. The van der Waals surface area contributed by atoms with Crippen molar-refractivity contribution in [2.45, 2.75) is 12.3 Å². The highest BCUT2D eigenvalue weighted by Gasteiger charge is 2.21. The van der Waals surface area contributed by atoms with Crippen LogP contribution in [0.15, 0.2) is 36.4 Å². The second kappa shape index (κ2) is 3.35. The number of hydrogen-bond acceptors (Lipinski definition) is 1. The van der Waals surface area contributed by atoms with Crippen LogP contribution in [0, 0.1) is 0 Å². The first-order chi connectivity index (χ1) is 6.27. The van der Waals surface area contributed by atoms with Gasteiger partial charge in [-0.3, -0.25) is 4.79 Å². The maximum atomic E-state index is 11.4. The summed E-state index contributed by atoms with van der Waals surface area (Å²) in [7, 11) is 0. The summed E-state index contributed by atoms with van der Waals surface area (Å²) in [6, 6.07) is 7.50. The number of benzene rings is 1. The van der Waals surface area contributed by atoms with E-state index in [0.717, 1.165) is 12.0 Å². The van der Waals surface area contributed by atoms with Crippen molar-refractivity contribution in [2.24, 2.45) is 0 Å². The Bertz CT molecular complexity index is 368. The molecule has 0 N–H and O–H groups in total. The molecule has 1 nitrogen and oxygen atoms in total. The summed E-state index contributed by atoms with van der Waals surface area (Å²) in [6.45, 7) is 0. The Balaban J connectivity index is 2.31. The van der Waals surface area contributed by atoms with Gasteiger partial charge < -0.3 is 0 Å². The number of hydrogen-bond donors (Lipinski definition) is 0. The number of allylic oxidation sites excluding steroid dienone is 2. The van der Waals surface area contributed by atoms with Gasteiger partial charge in [-0.25, -0.2) is 0 Å². The topological polar surface area (TPSA) is 17.1 Å². The molecule has 1 atom stereocenters. The lowest BCUT2D eigenvalue weighted by Gasteiger charge is -2.07. The zero-order valence-electron chi connectivity index (χ0n) is 7.03. The van der Waals surface area contributed by atoms with Crippen LogP contribution in [0.5, 0.6) is 0 Å². The second-order valence-corrected chi connectivity index (χ2v) is 3.58. The van der Waals surface area contributed by atoms with Gasteiger partial charge >= 0.3 is 0 Å². The lowest BCUT2D eigenvalue weighted by Crippen LogP contribution is -2.03. The molecule has 0 aromatic heterocycles. The molecule has 0 bridgehead atoms. The average Bonchev–Trinajstić information content (AvgIpc) is 2.51. The van der Waals surface area contributed by atoms with Crippen molar-refractivity contribution in [3.05, 3.63) is 47.0 Å². The average molecular weight is 193 g/mol. The van der Waals surface area contributed by atoms with Crippen LogP contribution in [-0.2, 0) is 4.79 Å². The third-order valence-electron chi connectivity index (χ3n) is 2.25. The molecule has 0 radical (unpaired) electrons. The zero-order chi connectivity index (χ0) is 9.26. The highest BCUT2D eigenvalue weighted by atomic mass is 35.5. The molecule has 1 unspecified atom stereocenters. The molecule has 66 valence electrons. The number of halogens is 1. The number of ketones is 1. The van der Waals surface area contributed by atoms with Crippen molar-refractivity contribution in [3.63, 3.8) is 0 Å². The number of carbonyl (C=O) groups excluding carboxylic acids is 1. The lowest BCUT2D eigenvalue weighted by molar-refractivity contribution is -0.115. The molecule has 13 heavy (non-hydrogen) atoms. The van der Waals surface area contributed by atoms with Gasteiger partial charge in [-0.05, 0) is 30.2 Å². The van der Waals surface area contributed by atoms with E-state index in [-0.39, 0.29) is 11.7 Å². The summed E-state index contributed by atoms with van der Waals surface area (Å²) in [5.41, 5.74) is 1.02. The molecule has 0 saturated heterocycles. The molecule has 1 aromatic rings. The van der Waals surface area contributed by atoms with Crippen LogP contribution in [-0.4, -0.2) is 5.78 Å². The zero-order valence-corrected chi connectivity index (χ0v) is 7.79. The second-order valence-electron chi connectivity index (χ2n) is 3.15. The van der Waals surface area contributed by atoms with Gasteiger partial charge in [0.05, 0.1) is 5.92 Å². The van der Waals surface area contributed by atoms with Crippen molar-refractivity contribution in [1.29, 1.82) is 0 Å². The normalized spacial score (nSPS) is 21.0. The van der Waals surface area contributed by atoms with E-state index < -0.39 is 0 Å². The van der Waals surface area contributed by atoms with Gasteiger partial charge in [0, 0.05) is 5.02 Å². The molecule has 2 heteroatoms. The highest BCUT2D eigenvalue weighted by Crippen LogP contribution is 2.27. The number of rotatable bonds is 1. The quantitative estimate of drug-likeness (QED) is 0.669. The van der Waals surface area contributed by atoms with Gasteiger partial charge in [0.1, 0.15) is 0 Å². The first-order valence-electron chi connectivity index (χ1n) is 4.23. The minimum Gasteiger partial charge on any atom is -0.294 e. The van der Waals surface area contributed by atoms with Gasteiger partial charge in [-0.2, -0.15) is 0 Å². The summed E-state index contributed by atoms with van der Waals surface area (Å²) in [4.78, 5) is 11.4. The summed E-state index contributed by atoms with van der Waals surface area (Å²) < 4.78 is 0. The molecular weight excluding hydrogens is 184 g/mol. The van der Waals surface area contributed by atoms with Gasteiger partial charge in [0.2, 0.25) is 0 Å². The van der Waals surface area contributed by atoms with Gasteiger partial charge in [-0.15, -0.1) is 0 Å². The van der Waals surface area contributed by atoms with Crippen LogP contribution in [0.3, 0.4) is 0 Å². The molecular formula is C11H9ClO. The minimum absolute atomic E-state index is 0.00120. The van der Waals surface area contributed by atoms with Crippen LogP contribution < -0.4 is 0 Å². The van der Waals surface area contributed by atoms with Crippen LogP contribution in [0.25, 0.3) is 0 Å². The molecule has 1 aliphatic rings. The maximum Gasteiger partial charge on any atom is 0.163 e. The van der Waals surface area contributed by atoms with Crippen LogP contribution in [0.1, 0.15) is 17.9 Å². The van der Waals surface area contributed by atoms with Crippen LogP contribution in [0.2, 0.25) is 5.02 Å². The summed E-state index contributed by atoms with van der Waals surface area (Å²) in [5.74, 6) is 0.181. The predicted octanol–water partition coefficient (Wildman–Crippen LogP) is 2.95. The first-order valence-corrected chi connectivity index (χ1v) is 4.61. The fourth-order valence-corrected chi connectivity index (χ4v) is 1.78. The molecule has 0 saturated carbocycles. The van der Waals surface area contributed by atoms with Gasteiger partial charge in [0.15, 0.2) is 5.78 Å². The molecule has 0 heterocycles. The molecule has 0 aliphatic heterocycles. The molecule has 0 fully saturated rings. The van der Waals surface area contributed by atoms with E-state index in [9.17, 15) is 4.79 Å². The van der Waals surface area contributed by atoms with Crippen molar-refractivity contribution >= 4 is 17.4 Å². The van der Waals surface area contributed by atoms with Gasteiger partial charge in [-0.1, -0.05) is 29.8 Å². The van der Waals surface area contributed by atoms with Crippen molar-refractivity contribution < 1.29 is 4.79 Å². The third kappa shape index (κ3) is 1.65. The Labute approximate surface area is 82.0 Å². The minimum atomic E-state index is -0.00120. The van der Waals surface area contributed by atoms with Crippen LogP contribution >= 0.6 is 11.6 Å². The van der Waals surface area contributed by atoms with Crippen LogP contribution in [0.4, 0.5) is 0 Å². The Morgan fingerprint density at radius 1 is 1.38 bits per heavy atom. The fraction of sp³-hybridized carbons (Fsp3) is 0.182. The Morgan fingerprint density at radius 2 is 2.23 bits per heavy atom. The van der Waals surface area contributed by atoms with E-state index in [0.29, 0.717) is 5.02 Å². The maximum absolute atomic E-state index is 11.4. The largest absolute Gasteiger partial charge is 0.294 e. The Morgan fingerprint density at radius 3 is 2.85 bits per heavy atom. The number of carbonyl (C=O) groups is 1. The third-order valence-corrected chi connectivity index (χ3v) is 2.48. The molecule has 0 spiro atoms. The molecule has 0 amide bonds. The predicted molar refractivity (Wildman–Crippen MR) is 53.0 cm³/mol. The monoisotopic (exact) mass is 192 g/mol. The van der Waals surface area contributed by atoms with E-state index in [1.165, 1.54) is 0 Å². The van der Waals surface area contributed by atoms with Crippen molar-refractivity contribution in [3.8, 4) is 0 Å². The summed E-state index contributed by atoms with van der Waals surface area (Å²) in [5, 5.41) is 0.692. The lowest BCUT2D eigenvalue weighted by atomic mass is 9.96. The standard InChI is InChI=1S/C11H9ClO/c12-9-4-1-3-8(7-9)10-5-2-6-11(10)13/h1-4,6-7,10H,5H2. The van der Waals surface area contributed by atoms with E-state index in [1.807, 2.05) is 30.3 Å². The summed E-state index contributed by atoms with van der Waals surface area (Å²) in [6.07, 6.45) is 4.36. The van der Waals surface area contributed by atoms with E-state index in [4.69, 9.17) is 11.6 Å². The van der Waals surface area contributed by atoms with E-state index in [2.05, 4.69) is 0 Å². The Hall–Kier alpha value is -1.08. The van der Waals surface area contributed by atoms with E-state index in [1.54, 1.807) is 6.08 Å². The molecule has 1 aliphatic carbocycles. The van der Waals surface area contributed by atoms with Crippen molar-refractivity contribution in [2.75, 3.05) is 0 Å². The van der Waals surface area contributed by atoms with Gasteiger partial charge in [0.25, 0.3) is 0 Å². The van der Waals surface area contributed by atoms with Crippen molar-refractivity contribution in [1.82, 2.24) is 0 Å². The molecule has 2 rings (SSSR count). The summed E-state index contributed by atoms with van der Waals surface area (Å²) >= 11 is 5.84. The first kappa shape index (κ1) is 8.52.